The van der Waals surface area contributed by atoms with Crippen LogP contribution in [0.25, 0.3) is 10.9 Å². The molecule has 2 N–H and O–H groups in total. The van der Waals surface area contributed by atoms with Gasteiger partial charge in [-0.3, -0.25) is 4.79 Å². The molecule has 1 aromatic heterocycles. The summed E-state index contributed by atoms with van der Waals surface area (Å²) in [5.41, 5.74) is 3.03. The average Bonchev–Trinajstić information content (AvgIpc) is 2.89. The quantitative estimate of drug-likeness (QED) is 0.235. The van der Waals surface area contributed by atoms with Crippen LogP contribution < -0.4 is 10.6 Å². The normalized spacial score (nSPS) is 12.2. The van der Waals surface area contributed by atoms with Crippen molar-refractivity contribution in [2.24, 2.45) is 0 Å². The predicted molar refractivity (Wildman–Crippen MR) is 150 cm³/mol. The minimum atomic E-state index is -0.304. The first kappa shape index (κ1) is 27.2. The fourth-order valence-electron chi connectivity index (χ4n) is 3.81. The topological polar surface area (TPSA) is 79.4 Å². The van der Waals surface area contributed by atoms with E-state index in [0.29, 0.717) is 23.1 Å². The molecule has 0 radical (unpaired) electrons. The van der Waals surface area contributed by atoms with Gasteiger partial charge in [0.05, 0.1) is 24.8 Å². The zero-order valence-corrected chi connectivity index (χ0v) is 22.0. The summed E-state index contributed by atoms with van der Waals surface area (Å²) in [7, 11) is 3.87. The smallest absolute Gasteiger partial charge is 0.248 e. The van der Waals surface area contributed by atoms with Crippen molar-refractivity contribution in [3.8, 4) is 0 Å². The molecule has 38 heavy (non-hydrogen) atoms. The van der Waals surface area contributed by atoms with Gasteiger partial charge >= 0.3 is 0 Å². The van der Waals surface area contributed by atoms with Crippen LogP contribution in [-0.4, -0.2) is 48.0 Å². The largest absolute Gasteiger partial charge is 0.374 e. The lowest BCUT2D eigenvalue weighted by molar-refractivity contribution is -0.111. The second kappa shape index (κ2) is 13.1. The van der Waals surface area contributed by atoms with Gasteiger partial charge in [-0.05, 0) is 67.7 Å². The van der Waals surface area contributed by atoms with Gasteiger partial charge in [-0.15, -0.1) is 0 Å². The molecule has 1 atom stereocenters. The van der Waals surface area contributed by atoms with E-state index in [1.807, 2.05) is 61.5 Å². The highest BCUT2D eigenvalue weighted by Gasteiger charge is 2.16. The SMILES string of the molecule is CN(C)C/C=C/C(=O)Nc1ccc2ncnc(N[C@H](COCc3cccc(F)c3)c3ccc(Cl)cc3)c2c1. The molecule has 7 nitrogen and oxygen atoms in total. The van der Waals surface area contributed by atoms with Crippen molar-refractivity contribution >= 4 is 39.9 Å². The summed E-state index contributed by atoms with van der Waals surface area (Å²) in [6.07, 6.45) is 4.80. The minimum Gasteiger partial charge on any atom is -0.374 e. The summed E-state index contributed by atoms with van der Waals surface area (Å²) in [5.74, 6) is 0.0629. The number of ether oxygens (including phenoxy) is 1. The van der Waals surface area contributed by atoms with Gasteiger partial charge in [0.1, 0.15) is 18.0 Å². The molecule has 0 bridgehead atoms. The molecule has 3 aromatic carbocycles. The number of amides is 1. The molecule has 4 rings (SSSR count). The summed E-state index contributed by atoms with van der Waals surface area (Å²) in [5, 5.41) is 7.71. The van der Waals surface area contributed by atoms with Gasteiger partial charge < -0.3 is 20.3 Å². The monoisotopic (exact) mass is 533 g/mol. The summed E-state index contributed by atoms with van der Waals surface area (Å²) in [6, 6.07) is 19.0. The number of carbonyl (C=O) groups excluding carboxylic acids is 1. The third-order valence-electron chi connectivity index (χ3n) is 5.67. The highest BCUT2D eigenvalue weighted by atomic mass is 35.5. The van der Waals surface area contributed by atoms with Crippen molar-refractivity contribution in [3.05, 3.63) is 107 Å². The molecule has 0 saturated heterocycles. The van der Waals surface area contributed by atoms with Crippen molar-refractivity contribution in [3.63, 3.8) is 0 Å². The van der Waals surface area contributed by atoms with E-state index in [-0.39, 0.29) is 31.0 Å². The van der Waals surface area contributed by atoms with E-state index in [4.69, 9.17) is 16.3 Å². The molecule has 9 heteroatoms. The second-order valence-electron chi connectivity index (χ2n) is 9.00. The summed E-state index contributed by atoms with van der Waals surface area (Å²) in [4.78, 5) is 23.2. The molecular formula is C29H29ClFN5O2. The third kappa shape index (κ3) is 7.82. The Morgan fingerprint density at radius 1 is 1.11 bits per heavy atom. The molecular weight excluding hydrogens is 505 g/mol. The van der Waals surface area contributed by atoms with Crippen molar-refractivity contribution in [1.29, 1.82) is 0 Å². The number of fused-ring (bicyclic) bond motifs is 1. The first-order valence-electron chi connectivity index (χ1n) is 12.1. The number of hydrogen-bond donors (Lipinski definition) is 2. The third-order valence-corrected chi connectivity index (χ3v) is 5.92. The zero-order valence-electron chi connectivity index (χ0n) is 21.2. The molecule has 0 fully saturated rings. The fourth-order valence-corrected chi connectivity index (χ4v) is 3.93. The van der Waals surface area contributed by atoms with E-state index >= 15 is 0 Å². The number of rotatable bonds is 11. The summed E-state index contributed by atoms with van der Waals surface area (Å²) < 4.78 is 19.5. The maximum Gasteiger partial charge on any atom is 0.248 e. The Hall–Kier alpha value is -3.85. The van der Waals surface area contributed by atoms with Crippen molar-refractivity contribution < 1.29 is 13.9 Å². The van der Waals surface area contributed by atoms with Crippen molar-refractivity contribution in [1.82, 2.24) is 14.9 Å². The number of hydrogen-bond acceptors (Lipinski definition) is 6. The maximum absolute atomic E-state index is 13.6. The van der Waals surface area contributed by atoms with Crippen LogP contribution in [0.1, 0.15) is 17.2 Å². The Balaban J connectivity index is 1.54. The van der Waals surface area contributed by atoms with Crippen LogP contribution in [0.5, 0.6) is 0 Å². The Morgan fingerprint density at radius 2 is 1.92 bits per heavy atom. The molecule has 4 aromatic rings. The first-order chi connectivity index (χ1) is 18.4. The molecule has 0 spiro atoms. The lowest BCUT2D eigenvalue weighted by atomic mass is 10.1. The van der Waals surface area contributed by atoms with Crippen LogP contribution in [0.4, 0.5) is 15.9 Å². The number of carbonyl (C=O) groups is 1. The predicted octanol–water partition coefficient (Wildman–Crippen LogP) is 5.85. The maximum atomic E-state index is 13.6. The Morgan fingerprint density at radius 3 is 2.68 bits per heavy atom. The Bertz CT molecular complexity index is 1410. The zero-order chi connectivity index (χ0) is 26.9. The van der Waals surface area contributed by atoms with Crippen LogP contribution >= 0.6 is 11.6 Å². The lowest BCUT2D eigenvalue weighted by Gasteiger charge is -2.21. The van der Waals surface area contributed by atoms with Crippen LogP contribution in [0.15, 0.2) is 85.2 Å². The number of nitrogens with zero attached hydrogens (tertiary/aromatic N) is 3. The van der Waals surface area contributed by atoms with Gasteiger partial charge in [0.15, 0.2) is 0 Å². The first-order valence-corrected chi connectivity index (χ1v) is 12.5. The number of nitrogens with one attached hydrogen (secondary N) is 2. The molecule has 196 valence electrons. The molecule has 0 unspecified atom stereocenters. The number of halogens is 2. The molecule has 0 aliphatic heterocycles. The average molecular weight is 534 g/mol. The number of anilines is 2. The molecule has 0 aliphatic carbocycles. The number of benzene rings is 3. The standard InChI is InChI=1S/C29H29ClFN5O2/c1-36(2)14-4-7-28(37)34-24-12-13-26-25(16-24)29(33-19-32-26)35-27(21-8-10-22(30)11-9-21)18-38-17-20-5-3-6-23(31)15-20/h3-13,15-16,19,27H,14,17-18H2,1-2H3,(H,34,37)(H,32,33,35)/b7-4+/t27-/m1/s1. The summed E-state index contributed by atoms with van der Waals surface area (Å²) >= 11 is 6.11. The van der Waals surface area contributed by atoms with E-state index in [2.05, 4.69) is 20.6 Å². The highest BCUT2D eigenvalue weighted by Crippen LogP contribution is 2.28. The molecule has 0 aliphatic rings. The van der Waals surface area contributed by atoms with E-state index in [1.165, 1.54) is 24.5 Å². The molecule has 0 saturated carbocycles. The Labute approximate surface area is 226 Å². The van der Waals surface area contributed by atoms with E-state index in [9.17, 15) is 9.18 Å². The van der Waals surface area contributed by atoms with Crippen LogP contribution in [-0.2, 0) is 16.1 Å². The van der Waals surface area contributed by atoms with Gasteiger partial charge in [-0.1, -0.05) is 41.9 Å². The Kier molecular flexibility index (Phi) is 9.37. The molecule has 1 heterocycles. The minimum absolute atomic E-state index is 0.220. The van der Waals surface area contributed by atoms with Crippen molar-refractivity contribution in [2.75, 3.05) is 37.9 Å². The van der Waals surface area contributed by atoms with Gasteiger partial charge in [-0.25, -0.2) is 14.4 Å². The van der Waals surface area contributed by atoms with Crippen LogP contribution in [0.3, 0.4) is 0 Å². The number of aromatic nitrogens is 2. The van der Waals surface area contributed by atoms with Gasteiger partial charge in [0.2, 0.25) is 5.91 Å². The van der Waals surface area contributed by atoms with Gasteiger partial charge in [-0.2, -0.15) is 0 Å². The van der Waals surface area contributed by atoms with E-state index in [1.54, 1.807) is 18.2 Å². The van der Waals surface area contributed by atoms with Gasteiger partial charge in [0.25, 0.3) is 0 Å². The fraction of sp³-hybridized carbons (Fsp3) is 0.207. The highest BCUT2D eigenvalue weighted by molar-refractivity contribution is 6.30. The molecule has 1 amide bonds. The second-order valence-corrected chi connectivity index (χ2v) is 9.44. The van der Waals surface area contributed by atoms with Crippen LogP contribution in [0, 0.1) is 5.82 Å². The number of likely N-dealkylation sites (N-methyl/N-ethyl adjacent to an activating group) is 1. The van der Waals surface area contributed by atoms with Crippen molar-refractivity contribution in [2.45, 2.75) is 12.6 Å². The lowest BCUT2D eigenvalue weighted by Crippen LogP contribution is -2.18. The van der Waals surface area contributed by atoms with Gasteiger partial charge in [0, 0.05) is 28.7 Å². The van der Waals surface area contributed by atoms with E-state index < -0.39 is 0 Å². The van der Waals surface area contributed by atoms with E-state index in [0.717, 1.165) is 22.0 Å². The van der Waals surface area contributed by atoms with Crippen LogP contribution in [0.2, 0.25) is 5.02 Å². The summed E-state index contributed by atoms with van der Waals surface area (Å²) in [6.45, 7) is 1.21.